The number of esters is 2. The third-order valence-electron chi connectivity index (χ3n) is 4.23. The highest BCUT2D eigenvalue weighted by Gasteiger charge is 2.36. The van der Waals surface area contributed by atoms with Crippen molar-refractivity contribution in [3.05, 3.63) is 64.6 Å². The number of imide groups is 1. The molecule has 3 rings (SSSR count). The van der Waals surface area contributed by atoms with Crippen molar-refractivity contribution in [2.75, 3.05) is 13.7 Å². The number of rotatable bonds is 7. The minimum absolute atomic E-state index is 0.137. The Labute approximate surface area is 189 Å². The van der Waals surface area contributed by atoms with Gasteiger partial charge in [-0.15, -0.1) is 0 Å². The van der Waals surface area contributed by atoms with E-state index in [1.54, 1.807) is 56.3 Å². The number of hydrogen-bond acceptors (Lipinski definition) is 8. The number of nitrogens with zero attached hydrogens (tertiary/aromatic N) is 1. The molecular formula is C23H21NO7S. The van der Waals surface area contributed by atoms with Crippen molar-refractivity contribution in [1.29, 1.82) is 0 Å². The number of methoxy groups -OCH3 is 1. The van der Waals surface area contributed by atoms with Crippen molar-refractivity contribution in [3.8, 4) is 11.5 Å². The summed E-state index contributed by atoms with van der Waals surface area (Å²) < 4.78 is 15.7. The molecule has 2 aromatic rings. The number of thioether (sulfide) groups is 1. The minimum atomic E-state index is -0.664. The van der Waals surface area contributed by atoms with Gasteiger partial charge in [-0.25, -0.2) is 4.79 Å². The molecule has 0 aromatic heterocycles. The molecule has 8 nitrogen and oxygen atoms in total. The molecule has 0 bridgehead atoms. The highest BCUT2D eigenvalue weighted by atomic mass is 32.2. The third-order valence-corrected chi connectivity index (χ3v) is 5.13. The van der Waals surface area contributed by atoms with Gasteiger partial charge in [0.2, 0.25) is 0 Å². The summed E-state index contributed by atoms with van der Waals surface area (Å²) in [6.45, 7) is 2.90. The Morgan fingerprint density at radius 2 is 1.78 bits per heavy atom. The van der Waals surface area contributed by atoms with E-state index in [1.807, 2.05) is 0 Å². The molecule has 1 aliphatic heterocycles. The lowest BCUT2D eigenvalue weighted by atomic mass is 10.1. The number of carbonyl (C=O) groups excluding carboxylic acids is 4. The molecule has 1 fully saturated rings. The van der Waals surface area contributed by atoms with E-state index in [4.69, 9.17) is 14.2 Å². The van der Waals surface area contributed by atoms with Gasteiger partial charge in [0.05, 0.1) is 23.7 Å². The van der Waals surface area contributed by atoms with Crippen LogP contribution >= 0.6 is 11.8 Å². The summed E-state index contributed by atoms with van der Waals surface area (Å²) in [5, 5.41) is -0.564. The largest absolute Gasteiger partial charge is 0.493 e. The van der Waals surface area contributed by atoms with Gasteiger partial charge in [0.1, 0.15) is 6.54 Å². The van der Waals surface area contributed by atoms with Crippen LogP contribution in [0.3, 0.4) is 0 Å². The predicted molar refractivity (Wildman–Crippen MR) is 118 cm³/mol. The van der Waals surface area contributed by atoms with Crippen LogP contribution in [0.15, 0.2) is 53.4 Å². The average Bonchev–Trinajstić information content (AvgIpc) is 3.01. The Hall–Kier alpha value is -3.59. The van der Waals surface area contributed by atoms with E-state index in [0.29, 0.717) is 28.6 Å². The standard InChI is InChI=1S/C23H21NO7S/c1-14(2)30-20(25)13-24-21(26)19(32-23(24)28)12-15-9-10-17(29-3)18(11-15)31-22(27)16-7-5-4-6-8-16/h4-12,14H,13H2,1-3H3/b19-12-. The van der Waals surface area contributed by atoms with E-state index in [-0.39, 0.29) is 16.8 Å². The first-order valence-corrected chi connectivity index (χ1v) is 10.5. The lowest BCUT2D eigenvalue weighted by molar-refractivity contribution is -0.149. The van der Waals surface area contributed by atoms with Gasteiger partial charge < -0.3 is 14.2 Å². The Morgan fingerprint density at radius 3 is 2.44 bits per heavy atom. The number of amides is 2. The molecule has 2 amide bonds. The zero-order valence-corrected chi connectivity index (χ0v) is 18.5. The predicted octanol–water partition coefficient (Wildman–Crippen LogP) is 3.90. The van der Waals surface area contributed by atoms with Crippen molar-refractivity contribution in [3.63, 3.8) is 0 Å². The molecule has 1 saturated heterocycles. The second kappa shape index (κ2) is 10.1. The first-order valence-electron chi connectivity index (χ1n) is 9.68. The molecule has 0 unspecified atom stereocenters. The Morgan fingerprint density at radius 1 is 1.06 bits per heavy atom. The molecule has 0 saturated carbocycles. The van der Waals surface area contributed by atoms with E-state index in [2.05, 4.69) is 0 Å². The molecule has 9 heteroatoms. The van der Waals surface area contributed by atoms with E-state index in [0.717, 1.165) is 4.90 Å². The number of ether oxygens (including phenoxy) is 3. The highest BCUT2D eigenvalue weighted by Crippen LogP contribution is 2.34. The maximum atomic E-state index is 12.6. The lowest BCUT2D eigenvalue weighted by Gasteiger charge is -2.13. The number of hydrogen-bond donors (Lipinski definition) is 0. The van der Waals surface area contributed by atoms with Crippen LogP contribution in [0.2, 0.25) is 0 Å². The molecule has 1 heterocycles. The fraction of sp³-hybridized carbons (Fsp3) is 0.217. The zero-order chi connectivity index (χ0) is 23.3. The Kier molecular flexibility index (Phi) is 7.32. The van der Waals surface area contributed by atoms with Gasteiger partial charge in [-0.2, -0.15) is 0 Å². The van der Waals surface area contributed by atoms with Crippen molar-refractivity contribution in [2.24, 2.45) is 0 Å². The Balaban J connectivity index is 1.80. The molecule has 0 radical (unpaired) electrons. The molecule has 0 spiro atoms. The molecule has 166 valence electrons. The smallest absolute Gasteiger partial charge is 0.343 e. The fourth-order valence-corrected chi connectivity index (χ4v) is 3.65. The molecular weight excluding hydrogens is 434 g/mol. The van der Waals surface area contributed by atoms with Gasteiger partial charge in [-0.3, -0.25) is 19.3 Å². The highest BCUT2D eigenvalue weighted by molar-refractivity contribution is 8.18. The van der Waals surface area contributed by atoms with Gasteiger partial charge in [0.25, 0.3) is 11.1 Å². The Bertz CT molecular complexity index is 1080. The van der Waals surface area contributed by atoms with Gasteiger partial charge in [0.15, 0.2) is 11.5 Å². The van der Waals surface area contributed by atoms with Gasteiger partial charge in [-0.05, 0) is 61.5 Å². The van der Waals surface area contributed by atoms with Crippen molar-refractivity contribution in [1.82, 2.24) is 4.90 Å². The molecule has 0 aliphatic carbocycles. The third kappa shape index (κ3) is 5.55. The molecule has 0 atom stereocenters. The normalized spacial score (nSPS) is 14.8. The SMILES string of the molecule is COc1ccc(/C=C2\SC(=O)N(CC(=O)OC(C)C)C2=O)cc1OC(=O)c1ccccc1. The van der Waals surface area contributed by atoms with Crippen molar-refractivity contribution < 1.29 is 33.4 Å². The van der Waals surface area contributed by atoms with Crippen LogP contribution in [0.1, 0.15) is 29.8 Å². The topological polar surface area (TPSA) is 99.2 Å². The minimum Gasteiger partial charge on any atom is -0.493 e. The quantitative estimate of drug-likeness (QED) is 0.352. The second-order valence-corrected chi connectivity index (χ2v) is 7.97. The van der Waals surface area contributed by atoms with Crippen molar-refractivity contribution >= 4 is 40.9 Å². The monoisotopic (exact) mass is 455 g/mol. The molecule has 0 N–H and O–H groups in total. The molecule has 2 aromatic carbocycles. The lowest BCUT2D eigenvalue weighted by Crippen LogP contribution is -2.35. The molecule has 1 aliphatic rings. The van der Waals surface area contributed by atoms with Gasteiger partial charge >= 0.3 is 11.9 Å². The van der Waals surface area contributed by atoms with Crippen LogP contribution in [0.25, 0.3) is 6.08 Å². The van der Waals surface area contributed by atoms with Crippen LogP contribution in [0.4, 0.5) is 4.79 Å². The van der Waals surface area contributed by atoms with E-state index in [9.17, 15) is 19.2 Å². The van der Waals surface area contributed by atoms with Gasteiger partial charge in [-0.1, -0.05) is 24.3 Å². The average molecular weight is 455 g/mol. The summed E-state index contributed by atoms with van der Waals surface area (Å²) in [6, 6.07) is 13.2. The summed E-state index contributed by atoms with van der Waals surface area (Å²) in [5.41, 5.74) is 0.881. The van der Waals surface area contributed by atoms with E-state index in [1.165, 1.54) is 19.3 Å². The second-order valence-electron chi connectivity index (χ2n) is 6.97. The number of carbonyl (C=O) groups is 4. The molecule has 32 heavy (non-hydrogen) atoms. The van der Waals surface area contributed by atoms with Crippen LogP contribution in [0.5, 0.6) is 11.5 Å². The van der Waals surface area contributed by atoms with E-state index < -0.39 is 29.6 Å². The zero-order valence-electron chi connectivity index (χ0n) is 17.7. The summed E-state index contributed by atoms with van der Waals surface area (Å²) in [7, 11) is 1.44. The number of benzene rings is 2. The fourth-order valence-electron chi connectivity index (χ4n) is 2.81. The van der Waals surface area contributed by atoms with Crippen molar-refractivity contribution in [2.45, 2.75) is 20.0 Å². The maximum absolute atomic E-state index is 12.6. The van der Waals surface area contributed by atoms with Gasteiger partial charge in [0, 0.05) is 0 Å². The summed E-state index contributed by atoms with van der Waals surface area (Å²) in [4.78, 5) is 50.0. The van der Waals surface area contributed by atoms with Crippen LogP contribution in [-0.2, 0) is 14.3 Å². The summed E-state index contributed by atoms with van der Waals surface area (Å²) >= 11 is 0.716. The first-order chi connectivity index (χ1) is 15.3. The van der Waals surface area contributed by atoms with Crippen LogP contribution in [-0.4, -0.2) is 47.7 Å². The summed E-state index contributed by atoms with van der Waals surface area (Å²) in [6.07, 6.45) is 1.13. The maximum Gasteiger partial charge on any atom is 0.343 e. The van der Waals surface area contributed by atoms with Crippen LogP contribution < -0.4 is 9.47 Å². The first kappa shape index (κ1) is 23.1. The summed E-state index contributed by atoms with van der Waals surface area (Å²) in [5.74, 6) is -1.33. The van der Waals surface area contributed by atoms with Crippen LogP contribution in [0, 0.1) is 0 Å². The van der Waals surface area contributed by atoms with E-state index >= 15 is 0 Å².